The SMILES string of the molecule is Cc1cc([N+](=O)[O-])ccc1NS(=O)(=O)c1ccc(C#N)s1. The second-order valence-electron chi connectivity index (χ2n) is 4.09. The summed E-state index contributed by atoms with van der Waals surface area (Å²) in [4.78, 5) is 10.4. The van der Waals surface area contributed by atoms with Crippen LogP contribution in [-0.4, -0.2) is 13.3 Å². The van der Waals surface area contributed by atoms with E-state index in [0.717, 1.165) is 11.3 Å². The van der Waals surface area contributed by atoms with Crippen molar-refractivity contribution >= 4 is 32.7 Å². The minimum Gasteiger partial charge on any atom is -0.279 e. The van der Waals surface area contributed by atoms with Crippen molar-refractivity contribution in [3.63, 3.8) is 0 Å². The number of aryl methyl sites for hydroxylation is 1. The fourth-order valence-electron chi connectivity index (χ4n) is 1.60. The van der Waals surface area contributed by atoms with Gasteiger partial charge >= 0.3 is 0 Å². The van der Waals surface area contributed by atoms with Gasteiger partial charge in [-0.3, -0.25) is 14.8 Å². The molecule has 0 bridgehead atoms. The topological polar surface area (TPSA) is 113 Å². The van der Waals surface area contributed by atoms with Gasteiger partial charge < -0.3 is 0 Å². The number of hydrogen-bond donors (Lipinski definition) is 1. The van der Waals surface area contributed by atoms with E-state index in [4.69, 9.17) is 5.26 Å². The van der Waals surface area contributed by atoms with Crippen molar-refractivity contribution < 1.29 is 13.3 Å². The molecule has 1 aromatic carbocycles. The Morgan fingerprint density at radius 2 is 2.05 bits per heavy atom. The fourth-order valence-corrected chi connectivity index (χ4v) is 3.83. The van der Waals surface area contributed by atoms with Crippen LogP contribution in [0.3, 0.4) is 0 Å². The summed E-state index contributed by atoms with van der Waals surface area (Å²) in [7, 11) is -3.81. The quantitative estimate of drug-likeness (QED) is 0.686. The van der Waals surface area contributed by atoms with Crippen LogP contribution in [-0.2, 0) is 10.0 Å². The minimum atomic E-state index is -3.81. The Morgan fingerprint density at radius 3 is 2.57 bits per heavy atom. The molecule has 21 heavy (non-hydrogen) atoms. The Hall–Kier alpha value is -2.44. The van der Waals surface area contributed by atoms with Gasteiger partial charge in [-0.05, 0) is 30.7 Å². The molecule has 0 unspecified atom stereocenters. The van der Waals surface area contributed by atoms with Gasteiger partial charge in [0.15, 0.2) is 0 Å². The molecule has 0 aliphatic rings. The molecule has 2 aromatic rings. The second-order valence-corrected chi connectivity index (χ2v) is 7.09. The normalized spacial score (nSPS) is 10.9. The molecular weight excluding hydrogens is 314 g/mol. The monoisotopic (exact) mass is 323 g/mol. The lowest BCUT2D eigenvalue weighted by Crippen LogP contribution is -2.12. The fraction of sp³-hybridized carbons (Fsp3) is 0.0833. The highest BCUT2D eigenvalue weighted by Gasteiger charge is 2.19. The van der Waals surface area contributed by atoms with Gasteiger partial charge in [0.25, 0.3) is 15.7 Å². The average molecular weight is 323 g/mol. The second kappa shape index (κ2) is 5.51. The molecule has 1 aromatic heterocycles. The number of anilines is 1. The maximum Gasteiger partial charge on any atom is 0.271 e. The van der Waals surface area contributed by atoms with Crippen molar-refractivity contribution in [3.05, 3.63) is 50.9 Å². The van der Waals surface area contributed by atoms with Gasteiger partial charge in [-0.25, -0.2) is 8.42 Å². The van der Waals surface area contributed by atoms with E-state index in [1.54, 1.807) is 6.92 Å². The van der Waals surface area contributed by atoms with Crippen LogP contribution in [0.5, 0.6) is 0 Å². The Bertz CT molecular complexity index is 850. The van der Waals surface area contributed by atoms with E-state index in [0.29, 0.717) is 5.56 Å². The lowest BCUT2D eigenvalue weighted by molar-refractivity contribution is -0.384. The van der Waals surface area contributed by atoms with Crippen molar-refractivity contribution in [2.75, 3.05) is 4.72 Å². The molecule has 0 aliphatic carbocycles. The van der Waals surface area contributed by atoms with E-state index in [-0.39, 0.29) is 20.5 Å². The molecule has 0 aliphatic heterocycles. The third kappa shape index (κ3) is 3.18. The first-order chi connectivity index (χ1) is 9.83. The molecule has 0 saturated carbocycles. The van der Waals surface area contributed by atoms with Crippen LogP contribution in [0.4, 0.5) is 11.4 Å². The number of sulfonamides is 1. The third-order valence-electron chi connectivity index (χ3n) is 2.62. The van der Waals surface area contributed by atoms with E-state index in [1.807, 2.05) is 6.07 Å². The van der Waals surface area contributed by atoms with Gasteiger partial charge in [-0.1, -0.05) is 0 Å². The zero-order valence-electron chi connectivity index (χ0n) is 10.7. The van der Waals surface area contributed by atoms with Crippen molar-refractivity contribution in [3.8, 4) is 6.07 Å². The molecule has 0 radical (unpaired) electrons. The van der Waals surface area contributed by atoms with Gasteiger partial charge in [-0.2, -0.15) is 5.26 Å². The number of non-ortho nitro benzene ring substituents is 1. The largest absolute Gasteiger partial charge is 0.279 e. The summed E-state index contributed by atoms with van der Waals surface area (Å²) in [6, 6.07) is 8.47. The Morgan fingerprint density at radius 1 is 1.33 bits per heavy atom. The summed E-state index contributed by atoms with van der Waals surface area (Å²) in [6.45, 7) is 1.57. The van der Waals surface area contributed by atoms with E-state index in [9.17, 15) is 18.5 Å². The molecule has 2 rings (SSSR count). The first kappa shape index (κ1) is 15.0. The first-order valence-corrected chi connectivity index (χ1v) is 7.91. The van der Waals surface area contributed by atoms with Gasteiger partial charge in [0, 0.05) is 12.1 Å². The number of thiophene rings is 1. The summed E-state index contributed by atoms with van der Waals surface area (Å²) in [6.07, 6.45) is 0. The standard InChI is InChI=1S/C12H9N3O4S2/c1-8-6-9(15(16)17)2-4-11(8)14-21(18,19)12-5-3-10(7-13)20-12/h2-6,14H,1H3. The van der Waals surface area contributed by atoms with Gasteiger partial charge in [0.05, 0.1) is 10.6 Å². The van der Waals surface area contributed by atoms with Crippen molar-refractivity contribution in [2.45, 2.75) is 11.1 Å². The lowest BCUT2D eigenvalue weighted by Gasteiger charge is -2.08. The average Bonchev–Trinajstić information content (AvgIpc) is 2.90. The first-order valence-electron chi connectivity index (χ1n) is 5.61. The van der Waals surface area contributed by atoms with Gasteiger partial charge in [0.2, 0.25) is 0 Å². The smallest absolute Gasteiger partial charge is 0.271 e. The molecular formula is C12H9N3O4S2. The summed E-state index contributed by atoms with van der Waals surface area (Å²) >= 11 is 0.853. The number of nitrogens with one attached hydrogen (secondary N) is 1. The summed E-state index contributed by atoms with van der Waals surface area (Å²) in [5.74, 6) is 0. The zero-order valence-corrected chi connectivity index (χ0v) is 12.4. The van der Waals surface area contributed by atoms with Crippen molar-refractivity contribution in [2.24, 2.45) is 0 Å². The molecule has 0 spiro atoms. The van der Waals surface area contributed by atoms with Crippen molar-refractivity contribution in [1.82, 2.24) is 0 Å². The van der Waals surface area contributed by atoms with E-state index in [1.165, 1.54) is 30.3 Å². The predicted molar refractivity (Wildman–Crippen MR) is 77.7 cm³/mol. The highest BCUT2D eigenvalue weighted by atomic mass is 32.2. The van der Waals surface area contributed by atoms with E-state index in [2.05, 4.69) is 4.72 Å². The third-order valence-corrected chi connectivity index (χ3v) is 5.47. The van der Waals surface area contributed by atoms with Crippen LogP contribution in [0.15, 0.2) is 34.5 Å². The summed E-state index contributed by atoms with van der Waals surface area (Å²) in [5, 5.41) is 19.4. The van der Waals surface area contributed by atoms with Crippen LogP contribution < -0.4 is 4.72 Å². The molecule has 7 nitrogen and oxygen atoms in total. The van der Waals surface area contributed by atoms with Crippen LogP contribution in [0.25, 0.3) is 0 Å². The maximum absolute atomic E-state index is 12.2. The molecule has 1 heterocycles. The molecule has 0 saturated heterocycles. The molecule has 108 valence electrons. The molecule has 1 N–H and O–H groups in total. The number of benzene rings is 1. The Kier molecular flexibility index (Phi) is 3.93. The van der Waals surface area contributed by atoms with Crippen LogP contribution in [0.2, 0.25) is 0 Å². The summed E-state index contributed by atoms with van der Waals surface area (Å²) < 4.78 is 26.7. The van der Waals surface area contributed by atoms with E-state index < -0.39 is 14.9 Å². The number of rotatable bonds is 4. The predicted octanol–water partition coefficient (Wildman–Crippen LogP) is 2.64. The van der Waals surface area contributed by atoms with Crippen molar-refractivity contribution in [1.29, 1.82) is 5.26 Å². The van der Waals surface area contributed by atoms with E-state index >= 15 is 0 Å². The summed E-state index contributed by atoms with van der Waals surface area (Å²) in [5.41, 5.74) is 0.579. The van der Waals surface area contributed by atoms with Crippen LogP contribution in [0.1, 0.15) is 10.4 Å². The zero-order chi connectivity index (χ0) is 15.6. The number of nitro groups is 1. The Labute approximate surface area is 124 Å². The number of nitriles is 1. The highest BCUT2D eigenvalue weighted by Crippen LogP contribution is 2.26. The molecule has 9 heteroatoms. The highest BCUT2D eigenvalue weighted by molar-refractivity contribution is 7.94. The number of nitro benzene ring substituents is 1. The van der Waals surface area contributed by atoms with Crippen LogP contribution >= 0.6 is 11.3 Å². The molecule has 0 amide bonds. The lowest BCUT2D eigenvalue weighted by atomic mass is 10.2. The molecule has 0 fully saturated rings. The van der Waals surface area contributed by atoms with Gasteiger partial charge in [0.1, 0.15) is 15.2 Å². The minimum absolute atomic E-state index is 0.0109. The Balaban J connectivity index is 2.33. The number of hydrogen-bond acceptors (Lipinski definition) is 6. The number of nitrogens with zero attached hydrogens (tertiary/aromatic N) is 2. The van der Waals surface area contributed by atoms with Gasteiger partial charge in [-0.15, -0.1) is 11.3 Å². The maximum atomic E-state index is 12.2. The molecule has 0 atom stereocenters. The van der Waals surface area contributed by atoms with Crippen LogP contribution in [0, 0.1) is 28.4 Å².